The van der Waals surface area contributed by atoms with E-state index < -0.39 is 11.4 Å². The Hall–Kier alpha value is -4.07. The predicted molar refractivity (Wildman–Crippen MR) is 130 cm³/mol. The van der Waals surface area contributed by atoms with Crippen molar-refractivity contribution in [2.75, 3.05) is 31.2 Å². The van der Waals surface area contributed by atoms with Crippen molar-refractivity contribution in [1.82, 2.24) is 19.6 Å². The monoisotopic (exact) mass is 488 g/mol. The Morgan fingerprint density at radius 1 is 1.17 bits per heavy atom. The molecule has 1 aliphatic heterocycles. The molecule has 0 atom stereocenters. The van der Waals surface area contributed by atoms with Crippen molar-refractivity contribution in [1.29, 1.82) is 5.26 Å². The molecule has 0 bridgehead atoms. The third kappa shape index (κ3) is 4.71. The molecule has 36 heavy (non-hydrogen) atoms. The van der Waals surface area contributed by atoms with Gasteiger partial charge >= 0.3 is 0 Å². The Morgan fingerprint density at radius 2 is 2.00 bits per heavy atom. The summed E-state index contributed by atoms with van der Waals surface area (Å²) in [6.07, 6.45) is 7.56. The van der Waals surface area contributed by atoms with E-state index in [1.54, 1.807) is 23.0 Å². The number of nitrogens with zero attached hydrogens (tertiary/aromatic N) is 6. The van der Waals surface area contributed by atoms with E-state index in [9.17, 15) is 14.8 Å². The fraction of sp³-hybridized carbons (Fsp3) is 0.308. The van der Waals surface area contributed by atoms with E-state index in [2.05, 4.69) is 26.0 Å². The Balaban J connectivity index is 1.35. The lowest BCUT2D eigenvalue weighted by molar-refractivity contribution is 0.0147. The molecule has 4 aromatic heterocycles. The van der Waals surface area contributed by atoms with Crippen LogP contribution in [0.4, 0.5) is 10.2 Å². The number of pyridine rings is 3. The number of piperidine rings is 1. The average Bonchev–Trinajstić information content (AvgIpc) is 3.32. The molecule has 9 nitrogen and oxygen atoms in total. The van der Waals surface area contributed by atoms with Crippen molar-refractivity contribution in [3.63, 3.8) is 0 Å². The van der Waals surface area contributed by atoms with Gasteiger partial charge < -0.3 is 19.8 Å². The lowest BCUT2D eigenvalue weighted by Gasteiger charge is -2.38. The highest BCUT2D eigenvalue weighted by molar-refractivity contribution is 5.85. The minimum atomic E-state index is -1.01. The quantitative estimate of drug-likeness (QED) is 0.408. The second-order valence-corrected chi connectivity index (χ2v) is 8.85. The van der Waals surface area contributed by atoms with Crippen LogP contribution in [0.2, 0.25) is 0 Å². The molecular formula is C26H25FN6O3. The van der Waals surface area contributed by atoms with E-state index in [1.165, 1.54) is 18.5 Å². The van der Waals surface area contributed by atoms with Gasteiger partial charge in [0, 0.05) is 43.0 Å². The molecule has 1 aliphatic rings. The van der Waals surface area contributed by atoms with E-state index in [0.29, 0.717) is 42.8 Å². The highest BCUT2D eigenvalue weighted by atomic mass is 19.1. The first-order chi connectivity index (χ1) is 17.5. The summed E-state index contributed by atoms with van der Waals surface area (Å²) in [5.41, 5.74) is 1.88. The summed E-state index contributed by atoms with van der Waals surface area (Å²) in [5, 5.41) is 33.9. The fourth-order valence-electron chi connectivity index (χ4n) is 4.56. The number of nitriles is 1. The van der Waals surface area contributed by atoms with Crippen LogP contribution in [0.15, 0.2) is 55.1 Å². The largest absolute Gasteiger partial charge is 0.490 e. The van der Waals surface area contributed by atoms with Crippen LogP contribution in [-0.4, -0.2) is 61.7 Å². The first kappa shape index (κ1) is 23.7. The lowest BCUT2D eigenvalue weighted by Crippen LogP contribution is -2.46. The van der Waals surface area contributed by atoms with Gasteiger partial charge in [-0.15, -0.1) is 0 Å². The van der Waals surface area contributed by atoms with E-state index in [0.717, 1.165) is 16.9 Å². The number of anilines is 1. The standard InChI is InChI=1S/C26H25FN6O3/c27-22-2-1-7-29-23(22)13-26(35)5-8-32(9-6-26)24-4-3-18(15-30-24)21-12-20(36-11-10-34)17-33-25(21)19(14-28)16-31-33/h1-4,7,12,15-17,34-35H,5-6,8-11,13H2. The molecule has 0 amide bonds. The third-order valence-corrected chi connectivity index (χ3v) is 6.48. The zero-order chi connectivity index (χ0) is 25.1. The Bertz CT molecular complexity index is 1410. The Labute approximate surface area is 207 Å². The van der Waals surface area contributed by atoms with E-state index in [1.807, 2.05) is 18.2 Å². The summed E-state index contributed by atoms with van der Waals surface area (Å²) < 4.78 is 21.2. The van der Waals surface area contributed by atoms with Crippen molar-refractivity contribution < 1.29 is 19.3 Å². The minimum absolute atomic E-state index is 0.117. The average molecular weight is 489 g/mol. The van der Waals surface area contributed by atoms with E-state index in [-0.39, 0.29) is 25.3 Å². The summed E-state index contributed by atoms with van der Waals surface area (Å²) in [7, 11) is 0. The third-order valence-electron chi connectivity index (χ3n) is 6.48. The molecule has 1 fully saturated rings. The van der Waals surface area contributed by atoms with Crippen LogP contribution in [0.3, 0.4) is 0 Å². The van der Waals surface area contributed by atoms with Crippen molar-refractivity contribution in [3.8, 4) is 22.9 Å². The van der Waals surface area contributed by atoms with Gasteiger partial charge in [0.1, 0.15) is 30.1 Å². The minimum Gasteiger partial charge on any atom is -0.490 e. The molecule has 4 aromatic rings. The maximum atomic E-state index is 14.0. The second-order valence-electron chi connectivity index (χ2n) is 8.85. The van der Waals surface area contributed by atoms with Crippen molar-refractivity contribution in [2.45, 2.75) is 24.9 Å². The summed E-state index contributed by atoms with van der Waals surface area (Å²) in [6.45, 7) is 1.18. The summed E-state index contributed by atoms with van der Waals surface area (Å²) in [4.78, 5) is 10.8. The van der Waals surface area contributed by atoms with Crippen LogP contribution < -0.4 is 9.64 Å². The van der Waals surface area contributed by atoms with Gasteiger partial charge in [0.25, 0.3) is 0 Å². The lowest BCUT2D eigenvalue weighted by atomic mass is 9.86. The molecule has 0 unspecified atom stereocenters. The molecular weight excluding hydrogens is 463 g/mol. The first-order valence-electron chi connectivity index (χ1n) is 11.7. The smallest absolute Gasteiger partial charge is 0.144 e. The highest BCUT2D eigenvalue weighted by Crippen LogP contribution is 2.33. The second kappa shape index (κ2) is 9.89. The molecule has 0 saturated carbocycles. The van der Waals surface area contributed by atoms with Crippen LogP contribution >= 0.6 is 0 Å². The van der Waals surface area contributed by atoms with Gasteiger partial charge in [-0.25, -0.2) is 13.9 Å². The van der Waals surface area contributed by atoms with Crippen LogP contribution in [-0.2, 0) is 6.42 Å². The van der Waals surface area contributed by atoms with Crippen LogP contribution in [0.1, 0.15) is 24.1 Å². The molecule has 184 valence electrons. The van der Waals surface area contributed by atoms with Crippen LogP contribution in [0.25, 0.3) is 16.6 Å². The van der Waals surface area contributed by atoms with Gasteiger partial charge in [0.15, 0.2) is 0 Å². The summed E-state index contributed by atoms with van der Waals surface area (Å²) >= 11 is 0. The topological polar surface area (TPSA) is 120 Å². The molecule has 5 rings (SSSR count). The maximum absolute atomic E-state index is 14.0. The Morgan fingerprint density at radius 3 is 2.69 bits per heavy atom. The van der Waals surface area contributed by atoms with E-state index >= 15 is 0 Å². The number of fused-ring (bicyclic) bond motifs is 1. The van der Waals surface area contributed by atoms with Gasteiger partial charge in [-0.05, 0) is 43.2 Å². The maximum Gasteiger partial charge on any atom is 0.144 e. The number of hydrogen-bond donors (Lipinski definition) is 2. The van der Waals surface area contributed by atoms with Gasteiger partial charge in [-0.3, -0.25) is 4.98 Å². The number of aliphatic hydroxyl groups excluding tert-OH is 1. The zero-order valence-electron chi connectivity index (χ0n) is 19.5. The highest BCUT2D eigenvalue weighted by Gasteiger charge is 2.34. The van der Waals surface area contributed by atoms with Crippen molar-refractivity contribution in [3.05, 3.63) is 72.2 Å². The van der Waals surface area contributed by atoms with Crippen LogP contribution in [0, 0.1) is 17.1 Å². The van der Waals surface area contributed by atoms with Crippen molar-refractivity contribution in [2.24, 2.45) is 0 Å². The summed E-state index contributed by atoms with van der Waals surface area (Å²) in [6, 6.07) is 10.7. The molecule has 0 radical (unpaired) electrons. The number of ether oxygens (including phenoxy) is 1. The van der Waals surface area contributed by atoms with Gasteiger partial charge in [0.05, 0.1) is 41.4 Å². The molecule has 5 heterocycles. The first-order valence-corrected chi connectivity index (χ1v) is 11.7. The number of rotatable bonds is 7. The number of hydrogen-bond acceptors (Lipinski definition) is 8. The van der Waals surface area contributed by atoms with E-state index in [4.69, 9.17) is 9.84 Å². The molecule has 10 heteroatoms. The number of halogens is 1. The molecule has 0 aliphatic carbocycles. The van der Waals surface area contributed by atoms with Gasteiger partial charge in [-0.1, -0.05) is 0 Å². The molecule has 0 spiro atoms. The number of aromatic nitrogens is 4. The number of aliphatic hydroxyl groups is 2. The van der Waals surface area contributed by atoms with Gasteiger partial charge in [-0.2, -0.15) is 10.4 Å². The van der Waals surface area contributed by atoms with Crippen molar-refractivity contribution >= 4 is 11.3 Å². The Kier molecular flexibility index (Phi) is 6.50. The molecule has 0 aromatic carbocycles. The SMILES string of the molecule is N#Cc1cnn2cc(OCCO)cc(-c3ccc(N4CCC(O)(Cc5ncccc5F)CC4)nc3)c12. The van der Waals surface area contributed by atoms with Crippen LogP contribution in [0.5, 0.6) is 5.75 Å². The fourth-order valence-corrected chi connectivity index (χ4v) is 4.56. The van der Waals surface area contributed by atoms with Gasteiger partial charge in [0.2, 0.25) is 0 Å². The molecule has 2 N–H and O–H groups in total. The predicted octanol–water partition coefficient (Wildman–Crippen LogP) is 2.75. The zero-order valence-corrected chi connectivity index (χ0v) is 19.5. The molecule has 1 saturated heterocycles. The normalized spacial score (nSPS) is 15.1. The summed E-state index contributed by atoms with van der Waals surface area (Å²) in [5.74, 6) is 0.883.